The van der Waals surface area contributed by atoms with E-state index in [4.69, 9.17) is 15.4 Å². The van der Waals surface area contributed by atoms with Crippen molar-refractivity contribution in [2.75, 3.05) is 6.61 Å². The number of halogens is 3. The molecule has 0 aliphatic rings. The van der Waals surface area contributed by atoms with Crippen LogP contribution in [0.3, 0.4) is 0 Å². The Balaban J connectivity index is 2.96. The van der Waals surface area contributed by atoms with Gasteiger partial charge in [-0.25, -0.2) is 4.79 Å². The van der Waals surface area contributed by atoms with Gasteiger partial charge < -0.3 is 9.84 Å². The maximum atomic E-state index is 12.7. The Morgan fingerprint density at radius 3 is 2.68 bits per heavy atom. The molecule has 0 saturated carbocycles. The van der Waals surface area contributed by atoms with Gasteiger partial charge >= 0.3 is 11.9 Å². The second kappa shape index (κ2) is 7.11. The maximum Gasteiger partial charge on any atom is 0.400 e. The number of aryl methyl sites for hydroxylation is 1. The van der Waals surface area contributed by atoms with Crippen molar-refractivity contribution in [2.45, 2.75) is 32.0 Å². The fraction of sp³-hybridized carbons (Fsp3) is 0.600. The summed E-state index contributed by atoms with van der Waals surface area (Å²) < 4.78 is 43.7. The van der Waals surface area contributed by atoms with Crippen molar-refractivity contribution in [1.82, 2.24) is 9.55 Å². The molecule has 1 aromatic heterocycles. The number of aromatic amines is 1. The Bertz CT molecular complexity index is 676. The molecule has 9 nitrogen and oxygen atoms in total. The monoisotopic (exact) mass is 323 g/mol. The van der Waals surface area contributed by atoms with Crippen LogP contribution in [0.1, 0.15) is 5.56 Å². The van der Waals surface area contributed by atoms with E-state index >= 15 is 0 Å². The van der Waals surface area contributed by atoms with Crippen molar-refractivity contribution in [1.29, 1.82) is 0 Å². The van der Waals surface area contributed by atoms with E-state index in [1.807, 2.05) is 4.98 Å². The zero-order valence-electron chi connectivity index (χ0n) is 11.2. The van der Waals surface area contributed by atoms with Crippen molar-refractivity contribution in [2.24, 2.45) is 5.11 Å². The number of nitrogens with one attached hydrogen (secondary N) is 1. The van der Waals surface area contributed by atoms with Gasteiger partial charge in [-0.1, -0.05) is 5.11 Å². The van der Waals surface area contributed by atoms with Crippen LogP contribution in [-0.2, 0) is 11.5 Å². The lowest BCUT2D eigenvalue weighted by molar-refractivity contribution is -0.186. The third kappa shape index (κ3) is 4.35. The molecule has 122 valence electrons. The predicted octanol–water partition coefficient (Wildman–Crippen LogP) is 0.421. The highest BCUT2D eigenvalue weighted by Crippen LogP contribution is 2.27. The molecule has 22 heavy (non-hydrogen) atoms. The first-order valence-electron chi connectivity index (χ1n) is 5.84. The second-order valence-electron chi connectivity index (χ2n) is 4.25. The van der Waals surface area contributed by atoms with Crippen molar-refractivity contribution in [3.63, 3.8) is 0 Å². The molecular weight excluding hydrogens is 311 g/mol. The van der Waals surface area contributed by atoms with Crippen LogP contribution in [0.4, 0.5) is 13.2 Å². The molecule has 0 amide bonds. The molecule has 1 rings (SSSR count). The third-order valence-electron chi connectivity index (χ3n) is 2.66. The summed E-state index contributed by atoms with van der Waals surface area (Å²) in [5.74, 6) is 0. The lowest BCUT2D eigenvalue weighted by atomic mass is 10.2. The first-order valence-corrected chi connectivity index (χ1v) is 5.84. The molecule has 0 fully saturated rings. The minimum absolute atomic E-state index is 0.145. The minimum Gasteiger partial charge on any atom is -0.394 e. The van der Waals surface area contributed by atoms with E-state index < -0.39 is 42.9 Å². The summed E-state index contributed by atoms with van der Waals surface area (Å²) in [7, 11) is 0. The molecule has 0 radical (unpaired) electrons. The first-order chi connectivity index (χ1) is 10.2. The second-order valence-corrected chi connectivity index (χ2v) is 4.25. The van der Waals surface area contributed by atoms with Gasteiger partial charge in [-0.15, -0.1) is 0 Å². The molecule has 2 atom stereocenters. The molecule has 0 aliphatic heterocycles. The summed E-state index contributed by atoms with van der Waals surface area (Å²) in [6.07, 6.45) is -5.73. The smallest absolute Gasteiger partial charge is 0.394 e. The largest absolute Gasteiger partial charge is 0.400 e. The molecule has 0 saturated heterocycles. The Labute approximate surface area is 120 Å². The van der Waals surface area contributed by atoms with E-state index in [-0.39, 0.29) is 5.56 Å². The number of alkyl halides is 3. The van der Waals surface area contributed by atoms with Crippen LogP contribution in [0.25, 0.3) is 10.4 Å². The molecule has 12 heteroatoms. The summed E-state index contributed by atoms with van der Waals surface area (Å²) >= 11 is 0. The highest BCUT2D eigenvalue weighted by Gasteiger charge is 2.44. The number of aliphatic hydroxyl groups excluding tert-OH is 1. The molecule has 1 heterocycles. The normalized spacial score (nSPS) is 14.2. The van der Waals surface area contributed by atoms with Gasteiger partial charge in [0.2, 0.25) is 0 Å². The Morgan fingerprint density at radius 2 is 2.18 bits per heavy atom. The van der Waals surface area contributed by atoms with E-state index in [1.165, 1.54) is 6.92 Å². The molecule has 0 aliphatic carbocycles. The highest BCUT2D eigenvalue weighted by molar-refractivity contribution is 5.00. The summed E-state index contributed by atoms with van der Waals surface area (Å²) in [5.41, 5.74) is 6.79. The van der Waals surface area contributed by atoms with Gasteiger partial charge in [0.1, 0.15) is 12.8 Å². The number of ether oxygens (including phenoxy) is 1. The number of hydrogen-bond donors (Lipinski definition) is 2. The number of H-pyrrole nitrogens is 1. The Morgan fingerprint density at radius 1 is 1.55 bits per heavy atom. The Kier molecular flexibility index (Phi) is 5.74. The van der Waals surface area contributed by atoms with E-state index in [0.29, 0.717) is 0 Å². The number of nitrogens with zero attached hydrogens (tertiary/aromatic N) is 4. The van der Waals surface area contributed by atoms with Crippen LogP contribution < -0.4 is 11.2 Å². The lowest BCUT2D eigenvalue weighted by Gasteiger charge is -2.24. The minimum atomic E-state index is -4.93. The Hall–Kier alpha value is -2.30. The average Bonchev–Trinajstić information content (AvgIpc) is 2.42. The average molecular weight is 323 g/mol. The SMILES string of the molecule is Cc1cn(COC(CO)C(N=[N+]=[N-])C(F)(F)F)c(=O)[nH]c1=O. The predicted molar refractivity (Wildman–Crippen MR) is 67.0 cm³/mol. The van der Waals surface area contributed by atoms with Crippen molar-refractivity contribution < 1.29 is 23.0 Å². The van der Waals surface area contributed by atoms with E-state index in [1.54, 1.807) is 0 Å². The molecule has 2 unspecified atom stereocenters. The molecule has 0 spiro atoms. The van der Waals surface area contributed by atoms with Gasteiger partial charge in [0.25, 0.3) is 5.56 Å². The quantitative estimate of drug-likeness (QED) is 0.446. The number of rotatable bonds is 6. The zero-order chi connectivity index (χ0) is 16.9. The molecule has 0 bridgehead atoms. The fourth-order valence-electron chi connectivity index (χ4n) is 1.54. The van der Waals surface area contributed by atoms with Gasteiger partial charge in [-0.3, -0.25) is 14.3 Å². The first kappa shape index (κ1) is 17.8. The van der Waals surface area contributed by atoms with Crippen molar-refractivity contribution >= 4 is 0 Å². The van der Waals surface area contributed by atoms with Crippen LogP contribution in [0.15, 0.2) is 20.9 Å². The van der Waals surface area contributed by atoms with Gasteiger partial charge in [0, 0.05) is 16.7 Å². The van der Waals surface area contributed by atoms with E-state index in [2.05, 4.69) is 10.0 Å². The van der Waals surface area contributed by atoms with Crippen LogP contribution in [0.2, 0.25) is 0 Å². The lowest BCUT2D eigenvalue weighted by Crippen LogP contribution is -2.43. The molecule has 2 N–H and O–H groups in total. The summed E-state index contributed by atoms with van der Waals surface area (Å²) in [5, 5.41) is 11.5. The van der Waals surface area contributed by atoms with Crippen LogP contribution >= 0.6 is 0 Å². The van der Waals surface area contributed by atoms with E-state index in [9.17, 15) is 22.8 Å². The highest BCUT2D eigenvalue weighted by atomic mass is 19.4. The number of aromatic nitrogens is 2. The number of aliphatic hydroxyl groups is 1. The van der Waals surface area contributed by atoms with Gasteiger partial charge in [0.05, 0.1) is 6.61 Å². The molecule has 1 aromatic rings. The third-order valence-corrected chi connectivity index (χ3v) is 2.66. The fourth-order valence-corrected chi connectivity index (χ4v) is 1.54. The zero-order valence-corrected chi connectivity index (χ0v) is 11.2. The standard InChI is InChI=1S/C10H12F3N5O4/c1-5-2-18(9(21)15-8(5)20)4-22-6(3-19)7(16-17-14)10(11,12)13/h2,6-7,19H,3-4H2,1H3,(H,15,20,21). The summed E-state index contributed by atoms with van der Waals surface area (Å²) in [6.45, 7) is -0.369. The topological polar surface area (TPSA) is 133 Å². The van der Waals surface area contributed by atoms with Crippen LogP contribution in [0, 0.1) is 6.92 Å². The van der Waals surface area contributed by atoms with E-state index in [0.717, 1.165) is 10.8 Å². The number of hydrogen-bond acceptors (Lipinski definition) is 5. The van der Waals surface area contributed by atoms with Crippen molar-refractivity contribution in [3.05, 3.63) is 43.0 Å². The molecule has 0 aromatic carbocycles. The maximum absolute atomic E-state index is 12.7. The van der Waals surface area contributed by atoms with Gasteiger partial charge in [0.15, 0.2) is 6.04 Å². The van der Waals surface area contributed by atoms with Crippen LogP contribution in [-0.4, -0.2) is 39.6 Å². The summed E-state index contributed by atoms with van der Waals surface area (Å²) in [6, 6.07) is -2.61. The number of azide groups is 1. The van der Waals surface area contributed by atoms with Crippen LogP contribution in [0.5, 0.6) is 0 Å². The summed E-state index contributed by atoms with van der Waals surface area (Å²) in [4.78, 5) is 26.6. The van der Waals surface area contributed by atoms with Crippen molar-refractivity contribution in [3.8, 4) is 0 Å². The molecular formula is C10H12F3N5O4. The van der Waals surface area contributed by atoms with Gasteiger partial charge in [-0.2, -0.15) is 13.2 Å². The van der Waals surface area contributed by atoms with Gasteiger partial charge in [-0.05, 0) is 12.5 Å².